The van der Waals surface area contributed by atoms with E-state index in [-0.39, 0.29) is 11.3 Å². The second-order valence-corrected chi connectivity index (χ2v) is 5.60. The second kappa shape index (κ2) is 13.8. The van der Waals surface area contributed by atoms with Crippen molar-refractivity contribution in [3.63, 3.8) is 0 Å². The zero-order chi connectivity index (χ0) is 23.1. The number of esters is 2. The number of phenolic OH excluding ortho intramolecular Hbond substituents is 1. The van der Waals surface area contributed by atoms with Gasteiger partial charge in [0, 0.05) is 0 Å². The lowest BCUT2D eigenvalue weighted by Crippen LogP contribution is -2.06. The first-order valence-electron chi connectivity index (χ1n) is 9.12. The highest BCUT2D eigenvalue weighted by Crippen LogP contribution is 2.21. The molecule has 0 bridgehead atoms. The summed E-state index contributed by atoms with van der Waals surface area (Å²) in [5, 5.41) is 9.29. The van der Waals surface area contributed by atoms with Gasteiger partial charge >= 0.3 is 11.9 Å². The number of alkyl halides is 1. The third-order valence-electron chi connectivity index (χ3n) is 3.46. The molecule has 2 rings (SSSR count). The van der Waals surface area contributed by atoms with Crippen LogP contribution >= 0.6 is 0 Å². The second-order valence-electron chi connectivity index (χ2n) is 5.60. The Bertz CT molecular complexity index is 838. The van der Waals surface area contributed by atoms with E-state index in [1.807, 2.05) is 19.9 Å². The maximum Gasteiger partial charge on any atom is 0.341 e. The molecule has 0 aliphatic carbocycles. The lowest BCUT2D eigenvalue weighted by Gasteiger charge is -2.09. The normalized spacial score (nSPS) is 9.48. The molecule has 0 unspecified atom stereocenters. The molecule has 0 heterocycles. The fourth-order valence-corrected chi connectivity index (χ4v) is 2.10. The summed E-state index contributed by atoms with van der Waals surface area (Å²) in [6.07, 6.45) is 1.63. The molecular weight excluding hydrogens is 379 g/mol. The van der Waals surface area contributed by atoms with Gasteiger partial charge in [-0.05, 0) is 49.2 Å². The van der Waals surface area contributed by atoms with Crippen molar-refractivity contribution >= 4 is 11.9 Å². The van der Waals surface area contributed by atoms with E-state index >= 15 is 0 Å². The summed E-state index contributed by atoms with van der Waals surface area (Å²) in [5.41, 5.74) is 2.56. The molecule has 0 saturated carbocycles. The van der Waals surface area contributed by atoms with Crippen LogP contribution in [0.4, 0.5) is 4.39 Å². The van der Waals surface area contributed by atoms with Crippen LogP contribution in [0.5, 0.6) is 11.5 Å². The zero-order valence-electron chi connectivity index (χ0n) is 18.0. The highest BCUT2D eigenvalue weighted by atomic mass is 19.1. The van der Waals surface area contributed by atoms with Gasteiger partial charge in [-0.15, -0.1) is 0 Å². The molecule has 0 aliphatic rings. The highest BCUT2D eigenvalue weighted by Gasteiger charge is 2.12. The number of ether oxygens (including phenoxy) is 3. The maximum atomic E-state index is 11.4. The Labute approximate surface area is 171 Å². The molecule has 0 spiro atoms. The van der Waals surface area contributed by atoms with Gasteiger partial charge in [-0.3, -0.25) is 4.39 Å². The number of benzene rings is 2. The van der Waals surface area contributed by atoms with E-state index in [1.165, 1.54) is 26.4 Å². The summed E-state index contributed by atoms with van der Waals surface area (Å²) in [4.78, 5) is 22.3. The van der Waals surface area contributed by atoms with E-state index in [1.54, 1.807) is 24.3 Å². The van der Waals surface area contributed by atoms with Crippen LogP contribution in [0.1, 0.15) is 33.2 Å². The first-order valence-corrected chi connectivity index (χ1v) is 8.41. The lowest BCUT2D eigenvalue weighted by molar-refractivity contribution is 0.0587. The predicted molar refractivity (Wildman–Crippen MR) is 109 cm³/mol. The molecule has 6 nitrogen and oxygen atoms in total. The quantitative estimate of drug-likeness (QED) is 0.584. The fourth-order valence-electron chi connectivity index (χ4n) is 2.10. The molecule has 158 valence electrons. The van der Waals surface area contributed by atoms with Crippen molar-refractivity contribution in [1.29, 1.82) is 0 Å². The lowest BCUT2D eigenvalue weighted by atomic mass is 10.1. The van der Waals surface area contributed by atoms with Crippen LogP contribution in [-0.4, -0.2) is 45.0 Å². The van der Waals surface area contributed by atoms with Gasteiger partial charge in [0.15, 0.2) is 0 Å². The van der Waals surface area contributed by atoms with Crippen molar-refractivity contribution in [3.05, 3.63) is 71.3 Å². The zero-order valence-corrected chi connectivity index (χ0v) is 17.0. The number of phenols is 1. The third-order valence-corrected chi connectivity index (χ3v) is 3.46. The molecule has 0 amide bonds. The topological polar surface area (TPSA) is 82.1 Å². The average molecular weight is 407 g/mol. The van der Waals surface area contributed by atoms with Crippen molar-refractivity contribution in [2.75, 3.05) is 28.0 Å². The number of aryl methyl sites for hydroxylation is 2. The minimum absolute atomic E-state index is 0.0400. The smallest absolute Gasteiger partial charge is 0.341 e. The Morgan fingerprint density at radius 1 is 1.07 bits per heavy atom. The highest BCUT2D eigenvalue weighted by molar-refractivity contribution is 5.93. The largest absolute Gasteiger partial charge is 0.507 e. The van der Waals surface area contributed by atoms with E-state index in [2.05, 4.69) is 16.1 Å². The van der Waals surface area contributed by atoms with E-state index in [9.17, 15) is 19.1 Å². The van der Waals surface area contributed by atoms with E-state index in [0.29, 0.717) is 17.9 Å². The molecule has 0 atom stereocenters. The van der Waals surface area contributed by atoms with Crippen molar-refractivity contribution in [3.8, 4) is 11.5 Å². The van der Waals surface area contributed by atoms with E-state index in [4.69, 9.17) is 6.11 Å². The van der Waals surface area contributed by atoms with E-state index < -0.39 is 19.1 Å². The number of carbonyl (C=O) groups excluding carboxylic acids is 2. The van der Waals surface area contributed by atoms with Crippen LogP contribution in [0.25, 0.3) is 0 Å². The summed E-state index contributed by atoms with van der Waals surface area (Å²) in [6.45, 7) is 7.69. The van der Waals surface area contributed by atoms with Crippen LogP contribution in [0.15, 0.2) is 49.1 Å². The van der Waals surface area contributed by atoms with Crippen molar-refractivity contribution in [2.45, 2.75) is 13.8 Å². The van der Waals surface area contributed by atoms with Crippen molar-refractivity contribution in [1.82, 2.24) is 0 Å². The van der Waals surface area contributed by atoms with Crippen LogP contribution in [0.2, 0.25) is 0 Å². The number of hydrogen-bond acceptors (Lipinski definition) is 6. The molecule has 29 heavy (non-hydrogen) atoms. The molecule has 0 aromatic heterocycles. The minimum atomic E-state index is -1.00. The van der Waals surface area contributed by atoms with Crippen LogP contribution in [0.3, 0.4) is 0 Å². The molecule has 1 N–H and O–H groups in total. The van der Waals surface area contributed by atoms with Crippen molar-refractivity contribution < 1.29 is 34.7 Å². The van der Waals surface area contributed by atoms with E-state index in [0.717, 1.165) is 11.1 Å². The number of aromatic hydroxyl groups is 1. The Hall–Kier alpha value is -3.35. The summed E-state index contributed by atoms with van der Waals surface area (Å²) < 4.78 is 30.0. The fraction of sp³-hybridized carbons (Fsp3) is 0.273. The number of halogens is 1. The third kappa shape index (κ3) is 8.47. The Balaban J connectivity index is 0.000000505. The summed E-state index contributed by atoms with van der Waals surface area (Å²) in [6, 6.07) is 10.1. The SMILES string of the molecule is C=CCOc1cc(C)ccc1C(=O)OC.COC(=O)c1ccc(C)cc1O.[2H]CF. The Morgan fingerprint density at radius 2 is 1.55 bits per heavy atom. The van der Waals surface area contributed by atoms with Gasteiger partial charge in [0.2, 0.25) is 0 Å². The molecular formula is C22H27FO6. The first-order chi connectivity index (χ1) is 14.2. The molecule has 0 radical (unpaired) electrons. The molecule has 0 saturated heterocycles. The van der Waals surface area contributed by atoms with Gasteiger partial charge in [0.1, 0.15) is 29.2 Å². The van der Waals surface area contributed by atoms with Gasteiger partial charge in [-0.1, -0.05) is 24.8 Å². The minimum Gasteiger partial charge on any atom is -0.507 e. The number of carbonyl (C=O) groups is 2. The van der Waals surface area contributed by atoms with Crippen LogP contribution in [0, 0.1) is 13.8 Å². The van der Waals surface area contributed by atoms with Gasteiger partial charge in [-0.25, -0.2) is 9.59 Å². The van der Waals surface area contributed by atoms with Crippen LogP contribution < -0.4 is 4.74 Å². The first kappa shape index (κ1) is 23.7. The molecule has 0 aliphatic heterocycles. The van der Waals surface area contributed by atoms with Gasteiger partial charge < -0.3 is 19.3 Å². The summed E-state index contributed by atoms with van der Waals surface area (Å²) >= 11 is 0. The molecule has 7 heteroatoms. The Kier molecular flexibility index (Phi) is 11.2. The maximum absolute atomic E-state index is 11.4. The van der Waals surface area contributed by atoms with Gasteiger partial charge in [0.05, 0.1) is 22.7 Å². The molecule has 2 aromatic carbocycles. The monoisotopic (exact) mass is 407 g/mol. The Morgan fingerprint density at radius 3 is 2.03 bits per heavy atom. The van der Waals surface area contributed by atoms with Crippen molar-refractivity contribution in [2.24, 2.45) is 0 Å². The average Bonchev–Trinajstić information content (AvgIpc) is 2.72. The molecule has 0 fully saturated rings. The number of rotatable bonds is 5. The standard InChI is InChI=1S/C12H14O3.C9H10O3.CH3F/c1-4-7-15-11-8-9(2)5-6-10(11)12(13)14-3;1-6-3-4-7(8(10)5-6)9(11)12-2;1-2/h4-6,8H,1,7H2,2-3H3;3-5,10H,1-2H3;1H3/i;;1D. The number of hydrogen-bond donors (Lipinski definition) is 1. The molecule has 2 aromatic rings. The predicted octanol–water partition coefficient (Wildman–Crippen LogP) is 4.42. The van der Waals surface area contributed by atoms with Gasteiger partial charge in [0.25, 0.3) is 0 Å². The summed E-state index contributed by atoms with van der Waals surface area (Å²) in [5.74, 6) is -0.426. The van der Waals surface area contributed by atoms with Gasteiger partial charge in [-0.2, -0.15) is 0 Å². The summed E-state index contributed by atoms with van der Waals surface area (Å²) in [7, 11) is 1.63. The number of methoxy groups -OCH3 is 2. The van der Waals surface area contributed by atoms with Crippen LogP contribution in [-0.2, 0) is 9.47 Å².